The fourth-order valence-corrected chi connectivity index (χ4v) is 5.39. The molecule has 3 fully saturated rings. The molecule has 4 nitrogen and oxygen atoms in total. The van der Waals surface area contributed by atoms with E-state index in [1.807, 2.05) is 16.8 Å². The Morgan fingerprint density at radius 2 is 2.15 bits per heavy atom. The maximum atomic E-state index is 12.6. The molecule has 2 N–H and O–H groups in total. The molecule has 0 unspecified atom stereocenters. The summed E-state index contributed by atoms with van der Waals surface area (Å²) in [4.78, 5) is 23.2. The quantitative estimate of drug-likeness (QED) is 0.510. The van der Waals surface area contributed by atoms with Crippen molar-refractivity contribution in [3.05, 3.63) is 34.5 Å². The van der Waals surface area contributed by atoms with Gasteiger partial charge in [-0.25, -0.2) is 0 Å². The van der Waals surface area contributed by atoms with Crippen LogP contribution in [0.15, 0.2) is 29.0 Å². The highest BCUT2D eigenvalue weighted by molar-refractivity contribution is 7.08. The van der Waals surface area contributed by atoms with Gasteiger partial charge in [-0.3, -0.25) is 9.59 Å². The number of fused-ring (bicyclic) bond motifs is 2. The molecular formula is C21H29NO3S. The smallest absolute Gasteiger partial charge is 0.303 e. The minimum atomic E-state index is -0.732. The van der Waals surface area contributed by atoms with Crippen LogP contribution in [0.4, 0.5) is 0 Å². The van der Waals surface area contributed by atoms with Gasteiger partial charge in [0.15, 0.2) is 0 Å². The van der Waals surface area contributed by atoms with Crippen molar-refractivity contribution in [2.45, 2.75) is 58.4 Å². The molecule has 0 aromatic carbocycles. The van der Waals surface area contributed by atoms with Gasteiger partial charge < -0.3 is 10.4 Å². The molecule has 3 saturated carbocycles. The number of hydrogen-bond donors (Lipinski definition) is 2. The topological polar surface area (TPSA) is 66.4 Å². The van der Waals surface area contributed by atoms with Crippen molar-refractivity contribution in [3.63, 3.8) is 0 Å². The van der Waals surface area contributed by atoms with Gasteiger partial charge in [0, 0.05) is 23.4 Å². The van der Waals surface area contributed by atoms with Crippen LogP contribution in [0.1, 0.15) is 62.7 Å². The minimum absolute atomic E-state index is 0.0489. The van der Waals surface area contributed by atoms with Gasteiger partial charge in [-0.05, 0) is 66.7 Å². The van der Waals surface area contributed by atoms with E-state index in [1.165, 1.54) is 6.42 Å². The Balaban J connectivity index is 1.59. The molecule has 4 rings (SSSR count). The first-order valence-electron chi connectivity index (χ1n) is 9.59. The first-order valence-corrected chi connectivity index (χ1v) is 10.5. The summed E-state index contributed by atoms with van der Waals surface area (Å²) in [5.74, 6) is 1.10. The van der Waals surface area contributed by atoms with Gasteiger partial charge in [0.25, 0.3) is 5.91 Å². The number of thiophene rings is 1. The summed E-state index contributed by atoms with van der Waals surface area (Å²) in [5.41, 5.74) is 1.08. The van der Waals surface area contributed by atoms with Crippen molar-refractivity contribution < 1.29 is 14.7 Å². The third kappa shape index (κ3) is 4.03. The highest BCUT2D eigenvalue weighted by Crippen LogP contribution is 2.61. The molecule has 3 aliphatic rings. The first-order chi connectivity index (χ1) is 12.4. The Morgan fingerprint density at radius 1 is 1.35 bits per heavy atom. The number of hydrogen-bond acceptors (Lipinski definition) is 3. The lowest BCUT2D eigenvalue weighted by Crippen LogP contribution is -2.63. The summed E-state index contributed by atoms with van der Waals surface area (Å²) in [7, 11) is 0. The Labute approximate surface area is 159 Å². The molecule has 3 aliphatic carbocycles. The number of carboxylic acid groups (broad SMARTS) is 1. The summed E-state index contributed by atoms with van der Waals surface area (Å²) in [6.07, 6.45) is 9.37. The van der Waals surface area contributed by atoms with E-state index in [4.69, 9.17) is 5.11 Å². The molecule has 0 saturated heterocycles. The molecule has 4 atom stereocenters. The molecule has 1 amide bonds. The first kappa shape index (κ1) is 19.2. The highest BCUT2D eigenvalue weighted by atomic mass is 32.1. The largest absolute Gasteiger partial charge is 0.481 e. The van der Waals surface area contributed by atoms with Crippen molar-refractivity contribution in [1.82, 2.24) is 5.32 Å². The van der Waals surface area contributed by atoms with Crippen molar-refractivity contribution in [2.75, 3.05) is 0 Å². The number of allylic oxidation sites excluding steroid dienone is 2. The Morgan fingerprint density at radius 3 is 2.81 bits per heavy atom. The highest BCUT2D eigenvalue weighted by Gasteiger charge is 2.57. The second-order valence-electron chi connectivity index (χ2n) is 8.36. The monoisotopic (exact) mass is 375 g/mol. The van der Waals surface area contributed by atoms with Crippen LogP contribution in [0.3, 0.4) is 0 Å². The Bertz CT molecular complexity index is 665. The normalized spacial score (nSPS) is 29.3. The van der Waals surface area contributed by atoms with Gasteiger partial charge in [0.1, 0.15) is 0 Å². The Hall–Kier alpha value is -1.62. The average molecular weight is 376 g/mol. The van der Waals surface area contributed by atoms with E-state index in [0.717, 1.165) is 30.7 Å². The standard InChI is InChI=1S/C21H29NO3S/c1-21(2)16-11-14(7-5-3-4-6-8-18(23)24)19(17(21)12-16)22-20(25)15-9-10-26-13-15/h3,5,9-10,13-14,16-17,19H,4,6-8,11-12H2,1-2H3,(H,22,25)(H,23,24)/b5-3+/t14-,16-,17-,19+/m0/s1. The summed E-state index contributed by atoms with van der Waals surface area (Å²) < 4.78 is 0. The molecule has 2 bridgehead atoms. The van der Waals surface area contributed by atoms with Crippen LogP contribution in [0.5, 0.6) is 0 Å². The number of carboxylic acids is 1. The van der Waals surface area contributed by atoms with Crippen molar-refractivity contribution in [2.24, 2.45) is 23.2 Å². The van der Waals surface area contributed by atoms with E-state index >= 15 is 0 Å². The van der Waals surface area contributed by atoms with Gasteiger partial charge in [-0.1, -0.05) is 26.0 Å². The van der Waals surface area contributed by atoms with Crippen LogP contribution in [0.2, 0.25) is 0 Å². The molecule has 1 aromatic heterocycles. The zero-order valence-corrected chi connectivity index (χ0v) is 16.4. The van der Waals surface area contributed by atoms with Crippen LogP contribution in [-0.2, 0) is 4.79 Å². The molecule has 0 spiro atoms. The molecule has 142 valence electrons. The molecule has 5 heteroatoms. The number of amides is 1. The third-order valence-corrected chi connectivity index (χ3v) is 7.21. The number of carbonyl (C=O) groups is 2. The number of rotatable bonds is 8. The van der Waals surface area contributed by atoms with Crippen molar-refractivity contribution >= 4 is 23.2 Å². The lowest BCUT2D eigenvalue weighted by Gasteiger charge is -2.62. The SMILES string of the molecule is CC1(C)[C@H]2C[C@H](C/C=C/CCCC(=O)O)[C@@H](NC(=O)c3ccsc3)[C@@H]1C2. The molecule has 0 aliphatic heterocycles. The van der Waals surface area contributed by atoms with Crippen LogP contribution in [-0.4, -0.2) is 23.0 Å². The minimum Gasteiger partial charge on any atom is -0.481 e. The Kier molecular flexibility index (Phi) is 5.86. The van der Waals surface area contributed by atoms with Gasteiger partial charge >= 0.3 is 5.97 Å². The fourth-order valence-electron chi connectivity index (χ4n) is 4.76. The van der Waals surface area contributed by atoms with E-state index in [1.54, 1.807) is 11.3 Å². The number of nitrogens with one attached hydrogen (secondary N) is 1. The van der Waals surface area contributed by atoms with Gasteiger partial charge in [0.05, 0.1) is 0 Å². The predicted octanol–water partition coefficient (Wildman–Crippen LogP) is 4.73. The second-order valence-corrected chi connectivity index (χ2v) is 9.14. The maximum absolute atomic E-state index is 12.6. The van der Waals surface area contributed by atoms with E-state index < -0.39 is 5.97 Å². The van der Waals surface area contributed by atoms with E-state index in [0.29, 0.717) is 23.7 Å². The summed E-state index contributed by atoms with van der Waals surface area (Å²) in [6.45, 7) is 4.68. The second kappa shape index (κ2) is 7.95. The molecule has 0 radical (unpaired) electrons. The number of carbonyl (C=O) groups excluding carboxylic acids is 1. The average Bonchev–Trinajstić information content (AvgIpc) is 3.13. The summed E-state index contributed by atoms with van der Waals surface area (Å²) >= 11 is 1.55. The number of aliphatic carboxylic acids is 1. The van der Waals surface area contributed by atoms with Crippen LogP contribution in [0.25, 0.3) is 0 Å². The van der Waals surface area contributed by atoms with Gasteiger partial charge in [-0.2, -0.15) is 11.3 Å². The zero-order chi connectivity index (χ0) is 18.7. The van der Waals surface area contributed by atoms with Crippen LogP contribution in [0, 0.1) is 23.2 Å². The van der Waals surface area contributed by atoms with E-state index in [-0.39, 0.29) is 18.4 Å². The fraction of sp³-hybridized carbons (Fsp3) is 0.619. The molecule has 1 heterocycles. The van der Waals surface area contributed by atoms with Gasteiger partial charge in [-0.15, -0.1) is 0 Å². The van der Waals surface area contributed by atoms with Crippen LogP contribution < -0.4 is 5.32 Å². The predicted molar refractivity (Wildman–Crippen MR) is 104 cm³/mol. The number of unbranched alkanes of at least 4 members (excludes halogenated alkanes) is 1. The van der Waals surface area contributed by atoms with E-state index in [9.17, 15) is 9.59 Å². The lowest BCUT2D eigenvalue weighted by molar-refractivity contribution is -0.137. The van der Waals surface area contributed by atoms with E-state index in [2.05, 4.69) is 31.3 Å². The summed E-state index contributed by atoms with van der Waals surface area (Å²) in [5, 5.41) is 15.9. The van der Waals surface area contributed by atoms with Crippen molar-refractivity contribution in [3.8, 4) is 0 Å². The van der Waals surface area contributed by atoms with Crippen molar-refractivity contribution in [1.29, 1.82) is 0 Å². The lowest BCUT2D eigenvalue weighted by atomic mass is 9.44. The third-order valence-electron chi connectivity index (χ3n) is 6.52. The molecular weight excluding hydrogens is 346 g/mol. The summed E-state index contributed by atoms with van der Waals surface area (Å²) in [6, 6.07) is 2.11. The zero-order valence-electron chi connectivity index (χ0n) is 15.6. The maximum Gasteiger partial charge on any atom is 0.303 e. The van der Waals surface area contributed by atoms with Gasteiger partial charge in [0.2, 0.25) is 0 Å². The van der Waals surface area contributed by atoms with Crippen LogP contribution >= 0.6 is 11.3 Å². The molecule has 26 heavy (non-hydrogen) atoms. The molecule has 1 aromatic rings.